The first-order chi connectivity index (χ1) is 13.0. The van der Waals surface area contributed by atoms with E-state index in [9.17, 15) is 13.2 Å². The Bertz CT molecular complexity index is 811. The maximum atomic E-state index is 12.6. The summed E-state index contributed by atoms with van der Waals surface area (Å²) in [4.78, 5) is 4.13. The lowest BCUT2D eigenvalue weighted by Gasteiger charge is -2.14. The summed E-state index contributed by atoms with van der Waals surface area (Å²) in [6.45, 7) is 1.55. The third-order valence-corrected chi connectivity index (χ3v) is 3.98. The topological polar surface area (TPSA) is 54.9 Å². The van der Waals surface area contributed by atoms with E-state index >= 15 is 0 Å². The van der Waals surface area contributed by atoms with Crippen LogP contribution in [0.1, 0.15) is 17.5 Å². The quantitative estimate of drug-likeness (QED) is 0.360. The Hall–Kier alpha value is -2.17. The van der Waals surface area contributed by atoms with Gasteiger partial charge >= 0.3 is 6.18 Å². The molecular formula is C19H21F3IN3O2. The molecule has 28 heavy (non-hydrogen) atoms. The average Bonchev–Trinajstić information content (AvgIpc) is 2.89. The third-order valence-electron chi connectivity index (χ3n) is 3.98. The minimum absolute atomic E-state index is 0. The average molecular weight is 507 g/mol. The van der Waals surface area contributed by atoms with Gasteiger partial charge in [-0.1, -0.05) is 12.1 Å². The molecule has 5 nitrogen and oxygen atoms in total. The second kappa shape index (κ2) is 9.85. The molecule has 152 valence electrons. The normalized spacial score (nSPS) is 13.9. The van der Waals surface area contributed by atoms with Crippen LogP contribution in [-0.2, 0) is 12.7 Å². The second-order valence-corrected chi connectivity index (χ2v) is 5.96. The molecule has 1 aliphatic heterocycles. The number of ether oxygens (including phenoxy) is 2. The van der Waals surface area contributed by atoms with Gasteiger partial charge in [0.05, 0.1) is 18.8 Å². The Morgan fingerprint density at radius 2 is 1.71 bits per heavy atom. The lowest BCUT2D eigenvalue weighted by molar-refractivity contribution is -0.137. The van der Waals surface area contributed by atoms with Crippen LogP contribution in [0.4, 0.5) is 18.9 Å². The standard InChI is InChI=1S/C19H20F3N3O2.HI/c1-23-18(24-12-13-3-5-14(6-4-13)19(20,21)22)25-15-7-8-16-17(11-15)27-10-2-9-26-16;/h3-8,11H,2,9-10,12H2,1H3,(H2,23,24,25);1H. The van der Waals surface area contributed by atoms with Gasteiger partial charge in [0.2, 0.25) is 0 Å². The van der Waals surface area contributed by atoms with E-state index in [4.69, 9.17) is 9.47 Å². The van der Waals surface area contributed by atoms with Crippen LogP contribution in [0.5, 0.6) is 11.5 Å². The number of guanidine groups is 1. The van der Waals surface area contributed by atoms with E-state index < -0.39 is 11.7 Å². The molecule has 2 aromatic carbocycles. The Labute approximate surface area is 178 Å². The van der Waals surface area contributed by atoms with Gasteiger partial charge in [0.15, 0.2) is 17.5 Å². The van der Waals surface area contributed by atoms with E-state index in [1.54, 1.807) is 7.05 Å². The van der Waals surface area contributed by atoms with Crippen molar-refractivity contribution in [2.24, 2.45) is 4.99 Å². The first kappa shape index (κ1) is 22.1. The fourth-order valence-electron chi connectivity index (χ4n) is 2.55. The van der Waals surface area contributed by atoms with E-state index in [-0.39, 0.29) is 24.0 Å². The number of nitrogens with one attached hydrogen (secondary N) is 2. The fourth-order valence-corrected chi connectivity index (χ4v) is 2.55. The van der Waals surface area contributed by atoms with Gasteiger partial charge in [-0.05, 0) is 29.8 Å². The van der Waals surface area contributed by atoms with Crippen molar-refractivity contribution in [2.45, 2.75) is 19.1 Å². The zero-order valence-electron chi connectivity index (χ0n) is 15.2. The molecule has 0 saturated heterocycles. The highest BCUT2D eigenvalue weighted by atomic mass is 127. The molecule has 9 heteroatoms. The summed E-state index contributed by atoms with van der Waals surface area (Å²) in [5.74, 6) is 1.85. The second-order valence-electron chi connectivity index (χ2n) is 5.96. The number of halogens is 4. The Kier molecular flexibility index (Phi) is 7.78. The maximum Gasteiger partial charge on any atom is 0.416 e. The molecule has 0 aromatic heterocycles. The monoisotopic (exact) mass is 507 g/mol. The molecule has 2 N–H and O–H groups in total. The number of alkyl halides is 3. The lowest BCUT2D eigenvalue weighted by atomic mass is 10.1. The van der Waals surface area contributed by atoms with Crippen molar-refractivity contribution in [3.8, 4) is 11.5 Å². The van der Waals surface area contributed by atoms with Crippen LogP contribution in [0.15, 0.2) is 47.5 Å². The van der Waals surface area contributed by atoms with Crippen LogP contribution < -0.4 is 20.1 Å². The van der Waals surface area contributed by atoms with Crippen molar-refractivity contribution in [2.75, 3.05) is 25.6 Å². The van der Waals surface area contributed by atoms with Gasteiger partial charge < -0.3 is 20.1 Å². The first-order valence-corrected chi connectivity index (χ1v) is 8.49. The van der Waals surface area contributed by atoms with Gasteiger partial charge in [0.25, 0.3) is 0 Å². The molecule has 1 aliphatic rings. The summed E-state index contributed by atoms with van der Waals surface area (Å²) in [7, 11) is 1.62. The number of rotatable bonds is 3. The van der Waals surface area contributed by atoms with Crippen LogP contribution in [0.25, 0.3) is 0 Å². The Morgan fingerprint density at radius 3 is 2.36 bits per heavy atom. The molecular weight excluding hydrogens is 486 g/mol. The highest BCUT2D eigenvalue weighted by molar-refractivity contribution is 14.0. The van der Waals surface area contributed by atoms with E-state index in [0.29, 0.717) is 42.8 Å². The number of hydrogen-bond donors (Lipinski definition) is 2. The van der Waals surface area contributed by atoms with Crippen LogP contribution >= 0.6 is 24.0 Å². The predicted molar refractivity (Wildman–Crippen MR) is 113 cm³/mol. The van der Waals surface area contributed by atoms with E-state index in [1.165, 1.54) is 12.1 Å². The number of anilines is 1. The summed E-state index contributed by atoms with van der Waals surface area (Å²) in [5.41, 5.74) is 0.810. The van der Waals surface area contributed by atoms with Gasteiger partial charge in [0, 0.05) is 31.8 Å². The lowest BCUT2D eigenvalue weighted by Crippen LogP contribution is -2.30. The molecule has 0 bridgehead atoms. The van der Waals surface area contributed by atoms with Crippen molar-refractivity contribution in [3.05, 3.63) is 53.6 Å². The van der Waals surface area contributed by atoms with E-state index in [1.807, 2.05) is 18.2 Å². The molecule has 0 radical (unpaired) electrons. The van der Waals surface area contributed by atoms with E-state index in [2.05, 4.69) is 15.6 Å². The maximum absolute atomic E-state index is 12.6. The summed E-state index contributed by atoms with van der Waals surface area (Å²) in [5, 5.41) is 6.20. The summed E-state index contributed by atoms with van der Waals surface area (Å²) < 4.78 is 49.1. The molecule has 0 saturated carbocycles. The van der Waals surface area contributed by atoms with Crippen molar-refractivity contribution < 1.29 is 22.6 Å². The van der Waals surface area contributed by atoms with Crippen LogP contribution in [0.3, 0.4) is 0 Å². The van der Waals surface area contributed by atoms with Gasteiger partial charge in [-0.25, -0.2) is 0 Å². The summed E-state index contributed by atoms with van der Waals surface area (Å²) >= 11 is 0. The van der Waals surface area contributed by atoms with Crippen molar-refractivity contribution in [1.82, 2.24) is 5.32 Å². The molecule has 0 atom stereocenters. The molecule has 0 aliphatic carbocycles. The van der Waals surface area contributed by atoms with E-state index in [0.717, 1.165) is 24.2 Å². The number of fused-ring (bicyclic) bond motifs is 1. The number of hydrogen-bond acceptors (Lipinski definition) is 3. The zero-order chi connectivity index (χ0) is 19.3. The molecule has 1 heterocycles. The van der Waals surface area contributed by atoms with Crippen LogP contribution in [0.2, 0.25) is 0 Å². The smallest absolute Gasteiger partial charge is 0.416 e. The summed E-state index contributed by atoms with van der Waals surface area (Å²) in [6.07, 6.45) is -3.51. The predicted octanol–water partition coefficient (Wildman–Crippen LogP) is 4.67. The number of aliphatic imine (C=N–C) groups is 1. The van der Waals surface area contributed by atoms with Crippen LogP contribution in [-0.4, -0.2) is 26.2 Å². The van der Waals surface area contributed by atoms with Gasteiger partial charge in [0.1, 0.15) is 0 Å². The number of nitrogens with zero attached hydrogens (tertiary/aromatic N) is 1. The Balaban J connectivity index is 0.00000280. The van der Waals surface area contributed by atoms with Crippen molar-refractivity contribution >= 4 is 35.6 Å². The molecule has 0 spiro atoms. The van der Waals surface area contributed by atoms with Gasteiger partial charge in [-0.3, -0.25) is 4.99 Å². The molecule has 0 unspecified atom stereocenters. The third kappa shape index (κ3) is 5.91. The van der Waals surface area contributed by atoms with Gasteiger partial charge in [-0.15, -0.1) is 24.0 Å². The fraction of sp³-hybridized carbons (Fsp3) is 0.316. The molecule has 3 rings (SSSR count). The van der Waals surface area contributed by atoms with Crippen molar-refractivity contribution in [3.63, 3.8) is 0 Å². The number of benzene rings is 2. The minimum Gasteiger partial charge on any atom is -0.490 e. The first-order valence-electron chi connectivity index (χ1n) is 8.49. The molecule has 0 amide bonds. The van der Waals surface area contributed by atoms with Crippen molar-refractivity contribution in [1.29, 1.82) is 0 Å². The Morgan fingerprint density at radius 1 is 1.04 bits per heavy atom. The van der Waals surface area contributed by atoms with Crippen LogP contribution in [0, 0.1) is 0 Å². The minimum atomic E-state index is -4.33. The highest BCUT2D eigenvalue weighted by Crippen LogP contribution is 2.32. The molecule has 0 fully saturated rings. The van der Waals surface area contributed by atoms with Gasteiger partial charge in [-0.2, -0.15) is 13.2 Å². The summed E-state index contributed by atoms with van der Waals surface area (Å²) in [6, 6.07) is 10.5. The largest absolute Gasteiger partial charge is 0.490 e. The molecule has 2 aromatic rings. The highest BCUT2D eigenvalue weighted by Gasteiger charge is 2.29. The zero-order valence-corrected chi connectivity index (χ0v) is 17.5. The SMILES string of the molecule is CN=C(NCc1ccc(C(F)(F)F)cc1)Nc1ccc2c(c1)OCCCO2.I.